The van der Waals surface area contributed by atoms with Gasteiger partial charge in [0.1, 0.15) is 11.2 Å². The summed E-state index contributed by atoms with van der Waals surface area (Å²) < 4.78 is 5.84. The van der Waals surface area contributed by atoms with Crippen molar-refractivity contribution in [2.45, 2.75) is 18.2 Å². The van der Waals surface area contributed by atoms with Crippen LogP contribution >= 0.6 is 15.9 Å². The second-order valence-corrected chi connectivity index (χ2v) is 8.05. The van der Waals surface area contributed by atoms with Gasteiger partial charge in [-0.15, -0.1) is 0 Å². The fraction of sp³-hybridized carbons (Fsp3) is 0.211. The maximum atomic E-state index is 11.5. The van der Waals surface area contributed by atoms with Crippen LogP contribution in [0.1, 0.15) is 17.5 Å². The highest BCUT2D eigenvalue weighted by Crippen LogP contribution is 2.20. The van der Waals surface area contributed by atoms with Crippen molar-refractivity contribution in [3.05, 3.63) is 69.5 Å². The van der Waals surface area contributed by atoms with Gasteiger partial charge in [0.25, 0.3) is 0 Å². The summed E-state index contributed by atoms with van der Waals surface area (Å²) in [6.07, 6.45) is 2.55. The number of esters is 1. The molecule has 2 rings (SSSR count). The van der Waals surface area contributed by atoms with E-state index in [0.29, 0.717) is 6.42 Å². The topological polar surface area (TPSA) is 26.3 Å². The lowest BCUT2D eigenvalue weighted by molar-refractivity contribution is -0.140. The Balaban J connectivity index is 2.16. The van der Waals surface area contributed by atoms with Crippen molar-refractivity contribution in [1.82, 2.24) is 0 Å². The van der Waals surface area contributed by atoms with Crippen LogP contribution in [0.2, 0.25) is 0 Å². The van der Waals surface area contributed by atoms with Crippen LogP contribution in [0.5, 0.6) is 0 Å². The van der Waals surface area contributed by atoms with Crippen molar-refractivity contribution in [2.24, 2.45) is 0 Å². The van der Waals surface area contributed by atoms with Gasteiger partial charge in [-0.1, -0.05) is 45.8 Å². The van der Waals surface area contributed by atoms with E-state index in [4.69, 9.17) is 4.74 Å². The molecule has 2 nitrogen and oxygen atoms in total. The highest BCUT2D eigenvalue weighted by molar-refractivity contribution is 9.10. The summed E-state index contributed by atoms with van der Waals surface area (Å²) in [5.74, 6) is 0.606. The Morgan fingerprint density at radius 2 is 1.78 bits per heavy atom. The minimum atomic E-state index is -0.161. The molecular weight excluding hydrogens is 372 g/mol. The molecule has 0 radical (unpaired) electrons. The Morgan fingerprint density at radius 1 is 1.13 bits per heavy atom. The summed E-state index contributed by atoms with van der Waals surface area (Å²) in [5, 5.41) is 2.19. The van der Waals surface area contributed by atoms with Crippen molar-refractivity contribution in [1.29, 1.82) is 0 Å². The molecule has 1 atom stereocenters. The van der Waals surface area contributed by atoms with Crippen LogP contribution in [0.3, 0.4) is 0 Å². The zero-order valence-corrected chi connectivity index (χ0v) is 15.7. The van der Waals surface area contributed by atoms with Crippen molar-refractivity contribution >= 4 is 38.9 Å². The maximum absolute atomic E-state index is 11.5. The third-order valence-electron chi connectivity index (χ3n) is 3.37. The molecule has 4 heteroatoms. The van der Waals surface area contributed by atoms with Gasteiger partial charge in [-0.2, -0.15) is 0 Å². The highest BCUT2D eigenvalue weighted by atomic mass is 79.9. The van der Waals surface area contributed by atoms with E-state index in [1.54, 1.807) is 0 Å². The standard InChI is InChI=1S/C19H20BrO2S/c1-15-3-9-18(10-4-15)23(14-12-19(21)22-2)13-11-16-5-7-17(20)8-6-16/h3-11,13H,12,14H2,1-2H3/q+1/b13-11+. The van der Waals surface area contributed by atoms with E-state index in [9.17, 15) is 4.79 Å². The van der Waals surface area contributed by atoms with E-state index >= 15 is 0 Å². The normalized spacial score (nSPS) is 12.3. The zero-order chi connectivity index (χ0) is 16.7. The minimum Gasteiger partial charge on any atom is -0.469 e. The monoisotopic (exact) mass is 391 g/mol. The summed E-state index contributed by atoms with van der Waals surface area (Å²) in [6, 6.07) is 16.7. The molecule has 0 saturated carbocycles. The van der Waals surface area contributed by atoms with Gasteiger partial charge in [0, 0.05) is 4.47 Å². The molecule has 0 spiro atoms. The molecule has 0 bridgehead atoms. The molecule has 1 unspecified atom stereocenters. The number of methoxy groups -OCH3 is 1. The third kappa shape index (κ3) is 5.88. The maximum Gasteiger partial charge on any atom is 0.310 e. The van der Waals surface area contributed by atoms with Crippen LogP contribution in [-0.4, -0.2) is 18.8 Å². The van der Waals surface area contributed by atoms with Gasteiger partial charge < -0.3 is 4.74 Å². The van der Waals surface area contributed by atoms with E-state index in [-0.39, 0.29) is 16.9 Å². The SMILES string of the molecule is COC(=O)CC[S+](/C=C/c1ccc(Br)cc1)c1ccc(C)cc1. The fourth-order valence-electron chi connectivity index (χ4n) is 2.01. The van der Waals surface area contributed by atoms with Crippen molar-refractivity contribution in [3.8, 4) is 0 Å². The van der Waals surface area contributed by atoms with Crippen molar-refractivity contribution < 1.29 is 9.53 Å². The summed E-state index contributed by atoms with van der Waals surface area (Å²) in [4.78, 5) is 12.7. The molecule has 0 aliphatic carbocycles. The molecule has 0 N–H and O–H groups in total. The predicted molar refractivity (Wildman–Crippen MR) is 101 cm³/mol. The molecule has 0 aliphatic heterocycles. The Morgan fingerprint density at radius 3 is 2.39 bits per heavy atom. The number of aryl methyl sites for hydroxylation is 1. The molecule has 0 aromatic heterocycles. The van der Waals surface area contributed by atoms with E-state index in [1.807, 2.05) is 12.1 Å². The molecule has 120 valence electrons. The number of benzene rings is 2. The Labute approximate surface area is 149 Å². The molecule has 0 saturated heterocycles. The first-order valence-corrected chi connectivity index (χ1v) is 9.60. The van der Waals surface area contributed by atoms with Crippen LogP contribution < -0.4 is 0 Å². The van der Waals surface area contributed by atoms with E-state index in [0.717, 1.165) is 15.8 Å². The third-order valence-corrected chi connectivity index (χ3v) is 5.89. The second kappa shape index (κ2) is 8.94. The molecule has 23 heavy (non-hydrogen) atoms. The number of ether oxygens (including phenoxy) is 1. The fourth-order valence-corrected chi connectivity index (χ4v) is 3.99. The predicted octanol–water partition coefficient (Wildman–Crippen LogP) is 4.97. The summed E-state index contributed by atoms with van der Waals surface area (Å²) in [6.45, 7) is 2.08. The molecular formula is C19H20BrO2S+. The van der Waals surface area contributed by atoms with Crippen molar-refractivity contribution in [2.75, 3.05) is 12.9 Å². The number of hydrogen-bond acceptors (Lipinski definition) is 2. The summed E-state index contributed by atoms with van der Waals surface area (Å²) >= 11 is 3.44. The second-order valence-electron chi connectivity index (χ2n) is 5.13. The number of halogens is 1. The molecule has 0 amide bonds. The van der Waals surface area contributed by atoms with Crippen LogP contribution in [0.4, 0.5) is 0 Å². The molecule has 2 aromatic carbocycles. The largest absolute Gasteiger partial charge is 0.469 e. The van der Waals surface area contributed by atoms with E-state index in [1.165, 1.54) is 17.6 Å². The van der Waals surface area contributed by atoms with Crippen LogP contribution in [0.15, 0.2) is 63.3 Å². The van der Waals surface area contributed by atoms with Gasteiger partial charge in [0.15, 0.2) is 4.90 Å². The van der Waals surface area contributed by atoms with Gasteiger partial charge in [-0.05, 0) is 42.8 Å². The summed E-state index contributed by atoms with van der Waals surface area (Å²) in [7, 11) is 1.32. The van der Waals surface area contributed by atoms with Crippen LogP contribution in [-0.2, 0) is 20.4 Å². The minimum absolute atomic E-state index is 0.117. The van der Waals surface area contributed by atoms with Gasteiger partial charge in [0.05, 0.1) is 24.4 Å². The smallest absolute Gasteiger partial charge is 0.310 e. The molecule has 0 heterocycles. The molecule has 0 aliphatic rings. The first-order chi connectivity index (χ1) is 11.1. The first kappa shape index (κ1) is 17.8. The quantitative estimate of drug-likeness (QED) is 0.513. The Kier molecular flexibility index (Phi) is 6.93. The molecule has 0 fully saturated rings. The number of hydrogen-bond donors (Lipinski definition) is 0. The van der Waals surface area contributed by atoms with Gasteiger partial charge >= 0.3 is 5.97 Å². The number of carbonyl (C=O) groups excluding carboxylic acids is 1. The zero-order valence-electron chi connectivity index (χ0n) is 13.3. The highest BCUT2D eigenvalue weighted by Gasteiger charge is 2.20. The summed E-state index contributed by atoms with van der Waals surface area (Å²) in [5.41, 5.74) is 2.39. The van der Waals surface area contributed by atoms with Gasteiger partial charge in [0.2, 0.25) is 0 Å². The van der Waals surface area contributed by atoms with Crippen molar-refractivity contribution in [3.63, 3.8) is 0 Å². The average molecular weight is 392 g/mol. The van der Waals surface area contributed by atoms with Gasteiger partial charge in [-0.25, -0.2) is 0 Å². The number of carbonyl (C=O) groups is 1. The van der Waals surface area contributed by atoms with Crippen LogP contribution in [0.25, 0.3) is 6.08 Å². The first-order valence-electron chi connectivity index (χ1n) is 7.35. The lowest BCUT2D eigenvalue weighted by Crippen LogP contribution is -2.11. The average Bonchev–Trinajstić information content (AvgIpc) is 2.57. The van der Waals surface area contributed by atoms with Gasteiger partial charge in [-0.3, -0.25) is 4.79 Å². The van der Waals surface area contributed by atoms with Crippen LogP contribution in [0, 0.1) is 6.92 Å². The Bertz CT molecular complexity index is 663. The lowest BCUT2D eigenvalue weighted by Gasteiger charge is -2.04. The van der Waals surface area contributed by atoms with E-state index in [2.05, 4.69) is 70.7 Å². The molecule has 2 aromatic rings. The number of rotatable bonds is 6. The Hall–Kier alpha value is -1.52. The lowest BCUT2D eigenvalue weighted by atomic mass is 10.2. The van der Waals surface area contributed by atoms with E-state index < -0.39 is 0 Å².